The summed E-state index contributed by atoms with van der Waals surface area (Å²) in [6.45, 7) is 0. The molecule has 1 amide bonds. The van der Waals surface area contributed by atoms with E-state index in [-0.39, 0.29) is 25.7 Å². The lowest BCUT2D eigenvalue weighted by Gasteiger charge is -2.44. The van der Waals surface area contributed by atoms with Gasteiger partial charge in [0.2, 0.25) is 9.47 Å². The average Bonchev–Trinajstić information content (AvgIpc) is 3.29. The van der Waals surface area contributed by atoms with Gasteiger partial charge in [-0.3, -0.25) is 10.1 Å². The molecular formula is C23H22Cl2N4O4S2. The molecule has 0 unspecified atom stereocenters. The molecule has 184 valence electrons. The number of benzene rings is 2. The number of carbonyl (C=O) groups excluding carboxylic acids is 1. The number of amides is 1. The third-order valence-electron chi connectivity index (χ3n) is 6.29. The summed E-state index contributed by atoms with van der Waals surface area (Å²) in [5.41, 5.74) is 0.603. The molecule has 1 atom stereocenters. The summed E-state index contributed by atoms with van der Waals surface area (Å²) in [7, 11) is -4.01. The van der Waals surface area contributed by atoms with Gasteiger partial charge in [-0.25, -0.2) is 13.1 Å². The molecule has 5 rings (SSSR count). The van der Waals surface area contributed by atoms with Crippen molar-refractivity contribution < 1.29 is 17.9 Å². The number of nitrogens with one attached hydrogen (secondary N) is 2. The van der Waals surface area contributed by atoms with Crippen molar-refractivity contribution in [1.82, 2.24) is 14.9 Å². The first-order valence-corrected chi connectivity index (χ1v) is 14.2. The number of ether oxygens (including phenoxy) is 1. The van der Waals surface area contributed by atoms with E-state index in [1.165, 1.54) is 18.2 Å². The Kier molecular flexibility index (Phi) is 6.75. The minimum absolute atomic E-state index is 0.0394. The zero-order valence-electron chi connectivity index (χ0n) is 18.5. The van der Waals surface area contributed by atoms with Crippen LogP contribution < -0.4 is 14.8 Å². The molecule has 1 fully saturated rings. The summed E-state index contributed by atoms with van der Waals surface area (Å²) in [6, 6.07) is 11.5. The second-order valence-electron chi connectivity index (χ2n) is 8.71. The molecule has 35 heavy (non-hydrogen) atoms. The zero-order chi connectivity index (χ0) is 24.6. The van der Waals surface area contributed by atoms with Crippen molar-refractivity contribution >= 4 is 55.6 Å². The second kappa shape index (κ2) is 9.67. The van der Waals surface area contributed by atoms with Gasteiger partial charge in [0.15, 0.2) is 0 Å². The van der Waals surface area contributed by atoms with Crippen molar-refractivity contribution in [3.05, 3.63) is 63.6 Å². The van der Waals surface area contributed by atoms with Crippen LogP contribution in [0.2, 0.25) is 10.0 Å². The summed E-state index contributed by atoms with van der Waals surface area (Å²) in [4.78, 5) is 12.6. The topological polar surface area (TPSA) is 110 Å². The highest BCUT2D eigenvalue weighted by atomic mass is 35.5. The Morgan fingerprint density at radius 2 is 1.86 bits per heavy atom. The Morgan fingerprint density at radius 1 is 1.09 bits per heavy atom. The van der Waals surface area contributed by atoms with Crippen LogP contribution in [0.25, 0.3) is 0 Å². The molecule has 1 aliphatic heterocycles. The van der Waals surface area contributed by atoms with Crippen LogP contribution in [0.5, 0.6) is 5.75 Å². The fourth-order valence-corrected chi connectivity index (χ4v) is 7.29. The number of para-hydroxylation sites is 1. The van der Waals surface area contributed by atoms with Crippen molar-refractivity contribution in [2.75, 3.05) is 5.32 Å². The second-order valence-corrected chi connectivity index (χ2v) is 12.4. The van der Waals surface area contributed by atoms with Crippen molar-refractivity contribution in [2.24, 2.45) is 0 Å². The lowest BCUT2D eigenvalue weighted by Crippen LogP contribution is -2.46. The fourth-order valence-electron chi connectivity index (χ4n) is 4.67. The molecule has 2 aromatic carbocycles. The molecule has 3 aromatic rings. The van der Waals surface area contributed by atoms with Gasteiger partial charge in [-0.2, -0.15) is 0 Å². The van der Waals surface area contributed by atoms with E-state index in [2.05, 4.69) is 20.2 Å². The highest BCUT2D eigenvalue weighted by Gasteiger charge is 2.43. The summed E-state index contributed by atoms with van der Waals surface area (Å²) in [5, 5.41) is 10.8. The zero-order valence-corrected chi connectivity index (χ0v) is 21.6. The molecule has 2 N–H and O–H groups in total. The predicted octanol–water partition coefficient (Wildman–Crippen LogP) is 5.60. The first-order chi connectivity index (χ1) is 16.7. The lowest BCUT2D eigenvalue weighted by atomic mass is 9.77. The summed E-state index contributed by atoms with van der Waals surface area (Å²) >= 11 is 12.7. The normalized spacial score (nSPS) is 19.1. The number of aromatic nitrogens is 2. The molecular weight excluding hydrogens is 531 g/mol. The number of halogens is 2. The van der Waals surface area contributed by atoms with E-state index in [1.54, 1.807) is 0 Å². The van der Waals surface area contributed by atoms with Gasteiger partial charge in [0.25, 0.3) is 15.9 Å². The van der Waals surface area contributed by atoms with E-state index in [1.807, 2.05) is 24.3 Å². The number of nitrogens with zero attached hydrogens (tertiary/aromatic N) is 2. The lowest BCUT2D eigenvalue weighted by molar-refractivity contribution is 0.0000716. The molecule has 1 spiro atoms. The molecule has 1 saturated carbocycles. The van der Waals surface area contributed by atoms with Crippen LogP contribution in [0.4, 0.5) is 5.13 Å². The van der Waals surface area contributed by atoms with E-state index >= 15 is 0 Å². The van der Waals surface area contributed by atoms with E-state index in [0.717, 1.165) is 49.0 Å². The Labute approximate surface area is 217 Å². The first-order valence-electron chi connectivity index (χ1n) is 11.1. The van der Waals surface area contributed by atoms with Gasteiger partial charge in [-0.05, 0) is 49.9 Å². The van der Waals surface area contributed by atoms with Crippen LogP contribution in [-0.4, -0.2) is 30.1 Å². The van der Waals surface area contributed by atoms with Crippen LogP contribution in [0.1, 0.15) is 60.5 Å². The number of fused-ring (bicyclic) bond motifs is 1. The monoisotopic (exact) mass is 552 g/mol. The molecule has 2 aliphatic rings. The van der Waals surface area contributed by atoms with Crippen molar-refractivity contribution in [3.63, 3.8) is 0 Å². The molecule has 0 bridgehead atoms. The van der Waals surface area contributed by atoms with Crippen molar-refractivity contribution in [3.8, 4) is 5.75 Å². The molecule has 2 heterocycles. The van der Waals surface area contributed by atoms with Gasteiger partial charge in [0.05, 0.1) is 16.6 Å². The molecule has 1 aromatic heterocycles. The van der Waals surface area contributed by atoms with E-state index in [0.29, 0.717) is 17.2 Å². The van der Waals surface area contributed by atoms with E-state index in [4.69, 9.17) is 27.9 Å². The molecule has 0 radical (unpaired) electrons. The van der Waals surface area contributed by atoms with Gasteiger partial charge in [0, 0.05) is 17.0 Å². The number of anilines is 1. The average molecular weight is 553 g/mol. The van der Waals surface area contributed by atoms with Gasteiger partial charge in [-0.15, -0.1) is 10.2 Å². The summed E-state index contributed by atoms with van der Waals surface area (Å²) in [5.74, 6) is 0.163. The molecule has 12 heteroatoms. The number of carbonyl (C=O) groups is 1. The quantitative estimate of drug-likeness (QED) is 0.398. The van der Waals surface area contributed by atoms with Crippen LogP contribution >= 0.6 is 34.5 Å². The van der Waals surface area contributed by atoms with Crippen LogP contribution in [0.15, 0.2) is 46.8 Å². The van der Waals surface area contributed by atoms with E-state index < -0.39 is 22.0 Å². The summed E-state index contributed by atoms with van der Waals surface area (Å²) < 4.78 is 35.5. The number of hydrogen-bond donors (Lipinski definition) is 2. The third kappa shape index (κ3) is 5.17. The molecule has 8 nitrogen and oxygen atoms in total. The largest absolute Gasteiger partial charge is 0.487 e. The smallest absolute Gasteiger partial charge is 0.270 e. The highest BCUT2D eigenvalue weighted by molar-refractivity contribution is 7.91. The van der Waals surface area contributed by atoms with Crippen LogP contribution in [0.3, 0.4) is 0 Å². The number of sulfonamides is 1. The van der Waals surface area contributed by atoms with E-state index in [9.17, 15) is 13.2 Å². The minimum Gasteiger partial charge on any atom is -0.487 e. The van der Waals surface area contributed by atoms with Crippen molar-refractivity contribution in [2.45, 2.75) is 54.5 Å². The predicted molar refractivity (Wildman–Crippen MR) is 135 cm³/mol. The van der Waals surface area contributed by atoms with Crippen LogP contribution in [-0.2, 0) is 10.0 Å². The number of hydrogen-bond acceptors (Lipinski definition) is 7. The first kappa shape index (κ1) is 24.5. The Morgan fingerprint density at radius 3 is 2.63 bits per heavy atom. The molecule has 1 aliphatic carbocycles. The Hall–Kier alpha value is -2.24. The Balaban J connectivity index is 1.35. The SMILES string of the molecule is O=C(Nc1nnc(S(=O)(=O)N[C@H]2CC3(CCCCC3)Oc3ccccc32)s1)c1ccc(Cl)cc1Cl. The minimum atomic E-state index is -4.01. The molecule has 0 saturated heterocycles. The van der Waals surface area contributed by atoms with Crippen molar-refractivity contribution in [1.29, 1.82) is 0 Å². The number of rotatable bonds is 5. The maximum absolute atomic E-state index is 13.2. The maximum Gasteiger partial charge on any atom is 0.270 e. The van der Waals surface area contributed by atoms with Gasteiger partial charge in [0.1, 0.15) is 11.4 Å². The van der Waals surface area contributed by atoms with Crippen LogP contribution in [0, 0.1) is 0 Å². The third-order valence-corrected chi connectivity index (χ3v) is 9.52. The highest BCUT2D eigenvalue weighted by Crippen LogP contribution is 2.46. The van der Waals surface area contributed by atoms with Gasteiger partial charge in [-0.1, -0.05) is 59.2 Å². The fraction of sp³-hybridized carbons (Fsp3) is 0.348. The Bertz CT molecular complexity index is 1370. The van der Waals surface area contributed by atoms with Gasteiger partial charge >= 0.3 is 0 Å². The maximum atomic E-state index is 13.2. The van der Waals surface area contributed by atoms with Gasteiger partial charge < -0.3 is 4.74 Å². The summed E-state index contributed by atoms with van der Waals surface area (Å²) in [6.07, 6.45) is 5.59. The standard InChI is InChI=1S/C23H22Cl2N4O4S2/c24-14-8-9-15(17(25)12-14)20(30)26-21-27-28-22(34-21)35(31,32)29-18-13-23(10-4-1-5-11-23)33-19-7-3-2-6-16(18)19/h2-3,6-9,12,18,29H,1,4-5,10-11,13H2,(H,26,27,30)/t18-/m0/s1.